The molecule has 0 aromatic heterocycles. The quantitative estimate of drug-likeness (QED) is 0.557. The van der Waals surface area contributed by atoms with Crippen molar-refractivity contribution < 1.29 is 0 Å². The van der Waals surface area contributed by atoms with Gasteiger partial charge in [0.25, 0.3) is 0 Å². The minimum absolute atomic E-state index is 0.364. The van der Waals surface area contributed by atoms with Crippen LogP contribution in [-0.2, 0) is 0 Å². The highest BCUT2D eigenvalue weighted by molar-refractivity contribution is 5.59. The minimum Gasteiger partial charge on any atom is -0.399 e. The minimum atomic E-state index is 0.364. The molecule has 2 aromatic rings. The average Bonchev–Trinajstić information content (AvgIpc) is 2.49. The summed E-state index contributed by atoms with van der Waals surface area (Å²) in [4.78, 5) is 0. The number of unbranched alkanes of at least 4 members (excludes halogenated alkanes) is 3. The van der Waals surface area contributed by atoms with Gasteiger partial charge in [-0.25, -0.2) is 0 Å². The van der Waals surface area contributed by atoms with Gasteiger partial charge < -0.3 is 11.5 Å². The van der Waals surface area contributed by atoms with Gasteiger partial charge in [-0.2, -0.15) is 0 Å². The maximum absolute atomic E-state index is 6.21. The van der Waals surface area contributed by atoms with Crippen LogP contribution in [0.1, 0.15) is 56.1 Å². The molecule has 0 radical (unpaired) electrons. The Kier molecular flexibility index (Phi) is 5.68. The van der Waals surface area contributed by atoms with Crippen LogP contribution in [0.15, 0.2) is 48.5 Å². The fourth-order valence-corrected chi connectivity index (χ4v) is 2.87. The van der Waals surface area contributed by atoms with Crippen molar-refractivity contribution in [3.05, 3.63) is 59.7 Å². The van der Waals surface area contributed by atoms with Crippen LogP contribution in [0.5, 0.6) is 0 Å². The first-order chi connectivity index (χ1) is 10.2. The van der Waals surface area contributed by atoms with E-state index in [0.717, 1.165) is 17.8 Å². The van der Waals surface area contributed by atoms with E-state index in [-0.39, 0.29) is 0 Å². The third-order valence-corrected chi connectivity index (χ3v) is 4.03. The molecule has 2 heteroatoms. The van der Waals surface area contributed by atoms with Gasteiger partial charge in [0.05, 0.1) is 0 Å². The van der Waals surface area contributed by atoms with Crippen LogP contribution in [0, 0.1) is 0 Å². The normalized spacial score (nSPS) is 12.2. The van der Waals surface area contributed by atoms with Gasteiger partial charge in [-0.15, -0.1) is 0 Å². The Morgan fingerprint density at radius 2 is 1.67 bits per heavy atom. The number of anilines is 2. The van der Waals surface area contributed by atoms with Crippen LogP contribution in [-0.4, -0.2) is 0 Å². The average molecular weight is 282 g/mol. The molecule has 4 N–H and O–H groups in total. The monoisotopic (exact) mass is 282 g/mol. The molecule has 112 valence electrons. The zero-order chi connectivity index (χ0) is 15.1. The van der Waals surface area contributed by atoms with Crippen LogP contribution in [0.4, 0.5) is 11.4 Å². The Morgan fingerprint density at radius 3 is 2.33 bits per heavy atom. The molecule has 0 spiro atoms. The molecule has 1 unspecified atom stereocenters. The first-order valence-electron chi connectivity index (χ1n) is 7.92. The Hall–Kier alpha value is -1.96. The van der Waals surface area contributed by atoms with E-state index in [4.69, 9.17) is 11.5 Å². The highest BCUT2D eigenvalue weighted by Crippen LogP contribution is 2.34. The smallest absolute Gasteiger partial charge is 0.0373 e. The van der Waals surface area contributed by atoms with E-state index in [1.54, 1.807) is 0 Å². The lowest BCUT2D eigenvalue weighted by atomic mass is 9.86. The Bertz CT molecular complexity index is 549. The summed E-state index contributed by atoms with van der Waals surface area (Å²) < 4.78 is 0. The number of hydrogen-bond donors (Lipinski definition) is 2. The largest absolute Gasteiger partial charge is 0.399 e. The molecule has 0 saturated carbocycles. The van der Waals surface area contributed by atoms with Gasteiger partial charge in [-0.3, -0.25) is 0 Å². The topological polar surface area (TPSA) is 52.0 Å². The lowest BCUT2D eigenvalue weighted by Crippen LogP contribution is -2.05. The molecule has 1 atom stereocenters. The van der Waals surface area contributed by atoms with E-state index >= 15 is 0 Å². The van der Waals surface area contributed by atoms with E-state index in [2.05, 4.69) is 43.3 Å². The maximum atomic E-state index is 6.21. The standard InChI is InChI=1S/C19H26N2/c1-2-3-4-8-11-17(15-9-6-5-7-10-15)18-13-12-16(20)14-19(18)21/h5-7,9-10,12-14,17H,2-4,8,11,20-21H2,1H3. The first kappa shape index (κ1) is 15.4. The molecule has 0 bridgehead atoms. The van der Waals surface area contributed by atoms with Crippen LogP contribution in [0.2, 0.25) is 0 Å². The summed E-state index contributed by atoms with van der Waals surface area (Å²) in [5.41, 5.74) is 16.1. The summed E-state index contributed by atoms with van der Waals surface area (Å²) in [6, 6.07) is 16.6. The molecule has 0 heterocycles. The molecule has 0 saturated heterocycles. The van der Waals surface area contributed by atoms with Crippen molar-refractivity contribution >= 4 is 11.4 Å². The number of hydrogen-bond acceptors (Lipinski definition) is 2. The molecule has 2 nitrogen and oxygen atoms in total. The van der Waals surface area contributed by atoms with Crippen molar-refractivity contribution in [3.63, 3.8) is 0 Å². The second-order valence-corrected chi connectivity index (χ2v) is 5.70. The summed E-state index contributed by atoms with van der Waals surface area (Å²) >= 11 is 0. The highest BCUT2D eigenvalue weighted by atomic mass is 14.6. The SMILES string of the molecule is CCCCCCC(c1ccccc1)c1ccc(N)cc1N. The molecule has 0 aliphatic carbocycles. The highest BCUT2D eigenvalue weighted by Gasteiger charge is 2.16. The summed E-state index contributed by atoms with van der Waals surface area (Å²) in [5, 5.41) is 0. The summed E-state index contributed by atoms with van der Waals surface area (Å²) in [5.74, 6) is 0.364. The predicted octanol–water partition coefficient (Wildman–Crippen LogP) is 4.95. The van der Waals surface area contributed by atoms with E-state index in [1.807, 2.05) is 12.1 Å². The number of nitrogen functional groups attached to an aromatic ring is 2. The lowest BCUT2D eigenvalue weighted by molar-refractivity contribution is 0.597. The van der Waals surface area contributed by atoms with E-state index < -0.39 is 0 Å². The molecular formula is C19H26N2. The summed E-state index contributed by atoms with van der Waals surface area (Å²) in [6.45, 7) is 2.24. The third-order valence-electron chi connectivity index (χ3n) is 4.03. The van der Waals surface area contributed by atoms with Crippen molar-refractivity contribution in [1.82, 2.24) is 0 Å². The molecule has 0 aliphatic rings. The zero-order valence-electron chi connectivity index (χ0n) is 12.9. The second-order valence-electron chi connectivity index (χ2n) is 5.70. The summed E-state index contributed by atoms with van der Waals surface area (Å²) in [7, 11) is 0. The second kappa shape index (κ2) is 7.72. The van der Waals surface area contributed by atoms with Gasteiger partial charge in [0.1, 0.15) is 0 Å². The van der Waals surface area contributed by atoms with Crippen LogP contribution in [0.25, 0.3) is 0 Å². The number of benzene rings is 2. The molecule has 0 fully saturated rings. The summed E-state index contributed by atoms with van der Waals surface area (Å²) in [6.07, 6.45) is 6.23. The van der Waals surface area contributed by atoms with Crippen molar-refractivity contribution in [3.8, 4) is 0 Å². The third kappa shape index (κ3) is 4.25. The lowest BCUT2D eigenvalue weighted by Gasteiger charge is -2.20. The molecule has 0 amide bonds. The van der Waals surface area contributed by atoms with Crippen molar-refractivity contribution in [2.24, 2.45) is 0 Å². The molecule has 0 aliphatic heterocycles. The van der Waals surface area contributed by atoms with Gasteiger partial charge in [-0.05, 0) is 29.7 Å². The Balaban J connectivity index is 2.23. The van der Waals surface area contributed by atoms with E-state index in [9.17, 15) is 0 Å². The van der Waals surface area contributed by atoms with E-state index in [1.165, 1.54) is 36.8 Å². The molecular weight excluding hydrogens is 256 g/mol. The van der Waals surface area contributed by atoms with Gasteiger partial charge in [0.2, 0.25) is 0 Å². The maximum Gasteiger partial charge on any atom is 0.0373 e. The van der Waals surface area contributed by atoms with Crippen molar-refractivity contribution in [1.29, 1.82) is 0 Å². The first-order valence-corrected chi connectivity index (χ1v) is 7.92. The zero-order valence-corrected chi connectivity index (χ0v) is 12.9. The molecule has 2 aromatic carbocycles. The van der Waals surface area contributed by atoms with Crippen LogP contribution in [0.3, 0.4) is 0 Å². The van der Waals surface area contributed by atoms with Crippen molar-refractivity contribution in [2.75, 3.05) is 11.5 Å². The van der Waals surface area contributed by atoms with Gasteiger partial charge in [0.15, 0.2) is 0 Å². The van der Waals surface area contributed by atoms with Gasteiger partial charge >= 0.3 is 0 Å². The number of rotatable bonds is 7. The number of nitrogens with two attached hydrogens (primary N) is 2. The van der Waals surface area contributed by atoms with Gasteiger partial charge in [0, 0.05) is 17.3 Å². The fraction of sp³-hybridized carbons (Fsp3) is 0.368. The van der Waals surface area contributed by atoms with Crippen LogP contribution < -0.4 is 11.5 Å². The van der Waals surface area contributed by atoms with Crippen molar-refractivity contribution in [2.45, 2.75) is 44.9 Å². The predicted molar refractivity (Wildman–Crippen MR) is 92.3 cm³/mol. The van der Waals surface area contributed by atoms with Crippen LogP contribution >= 0.6 is 0 Å². The van der Waals surface area contributed by atoms with E-state index in [0.29, 0.717) is 5.92 Å². The fourth-order valence-electron chi connectivity index (χ4n) is 2.87. The molecule has 21 heavy (non-hydrogen) atoms. The van der Waals surface area contributed by atoms with Gasteiger partial charge in [-0.1, -0.05) is 69.0 Å². The molecule has 2 rings (SSSR count). The Labute approximate surface area is 128 Å². The Morgan fingerprint density at radius 1 is 0.905 bits per heavy atom.